The number of benzene rings is 3. The molecule has 0 unspecified atom stereocenters. The zero-order chi connectivity index (χ0) is 23.9. The molecule has 0 saturated heterocycles. The van der Waals surface area contributed by atoms with E-state index in [1.165, 1.54) is 29.5 Å². The number of hydrogen-bond acceptors (Lipinski definition) is 5. The maximum atomic E-state index is 14.7. The number of aromatic nitrogens is 1. The Balaban J connectivity index is 1.33. The maximum Gasteiger partial charge on any atom is 0.270 e. The van der Waals surface area contributed by atoms with Crippen molar-refractivity contribution >= 4 is 17.2 Å². The van der Waals surface area contributed by atoms with Gasteiger partial charge in [-0.25, -0.2) is 13.8 Å². The minimum absolute atomic E-state index is 0.120. The van der Waals surface area contributed by atoms with Gasteiger partial charge in [-0.3, -0.25) is 4.79 Å². The van der Waals surface area contributed by atoms with Gasteiger partial charge in [-0.2, -0.15) is 0 Å². The number of rotatable bonds is 9. The van der Waals surface area contributed by atoms with E-state index in [0.717, 1.165) is 11.3 Å². The zero-order valence-electron chi connectivity index (χ0n) is 18.4. The van der Waals surface area contributed by atoms with Crippen molar-refractivity contribution in [1.29, 1.82) is 0 Å². The molecule has 0 aliphatic rings. The third kappa shape index (κ3) is 5.96. The highest BCUT2D eigenvalue weighted by molar-refractivity contribution is 7.13. The fraction of sp³-hybridized carbons (Fsp3) is 0.154. The van der Waals surface area contributed by atoms with E-state index in [1.807, 2.05) is 24.3 Å². The van der Waals surface area contributed by atoms with E-state index in [2.05, 4.69) is 10.3 Å². The first-order valence-electron chi connectivity index (χ1n) is 10.6. The van der Waals surface area contributed by atoms with Crippen molar-refractivity contribution in [3.05, 3.63) is 101 Å². The van der Waals surface area contributed by atoms with Crippen LogP contribution in [0.5, 0.6) is 11.5 Å². The van der Waals surface area contributed by atoms with E-state index in [9.17, 15) is 13.6 Å². The van der Waals surface area contributed by atoms with E-state index in [0.29, 0.717) is 29.3 Å². The molecule has 0 spiro atoms. The first kappa shape index (κ1) is 23.4. The minimum Gasteiger partial charge on any atom is -0.497 e. The van der Waals surface area contributed by atoms with Gasteiger partial charge in [0.05, 0.1) is 7.11 Å². The molecule has 0 radical (unpaired) electrons. The molecule has 0 aliphatic heterocycles. The number of carbonyl (C=O) groups is 1. The molecule has 4 aromatic rings. The molecule has 0 saturated carbocycles. The number of nitrogens with zero attached hydrogens (tertiary/aromatic N) is 1. The van der Waals surface area contributed by atoms with Crippen LogP contribution in [-0.2, 0) is 13.0 Å². The van der Waals surface area contributed by atoms with Crippen LogP contribution in [0.2, 0.25) is 0 Å². The lowest BCUT2D eigenvalue weighted by molar-refractivity contribution is 0.0950. The van der Waals surface area contributed by atoms with Gasteiger partial charge < -0.3 is 14.8 Å². The first-order chi connectivity index (χ1) is 16.5. The lowest BCUT2D eigenvalue weighted by atomic mass is 10.1. The van der Waals surface area contributed by atoms with Crippen molar-refractivity contribution in [2.24, 2.45) is 0 Å². The highest BCUT2D eigenvalue weighted by Gasteiger charge is 2.15. The summed E-state index contributed by atoms with van der Waals surface area (Å²) in [5, 5.41) is 4.84. The Labute approximate surface area is 200 Å². The zero-order valence-corrected chi connectivity index (χ0v) is 19.2. The molecule has 0 bridgehead atoms. The van der Waals surface area contributed by atoms with Crippen LogP contribution in [0.15, 0.2) is 72.1 Å². The van der Waals surface area contributed by atoms with Crippen molar-refractivity contribution in [3.63, 3.8) is 0 Å². The number of thiazole rings is 1. The van der Waals surface area contributed by atoms with Gasteiger partial charge in [-0.1, -0.05) is 24.3 Å². The lowest BCUT2D eigenvalue weighted by Gasteiger charge is -2.08. The molecule has 0 aliphatic carbocycles. The first-order valence-corrected chi connectivity index (χ1v) is 11.4. The molecule has 34 heavy (non-hydrogen) atoms. The fourth-order valence-electron chi connectivity index (χ4n) is 3.26. The van der Waals surface area contributed by atoms with Crippen LogP contribution in [0.25, 0.3) is 10.6 Å². The topological polar surface area (TPSA) is 60.5 Å². The second-order valence-corrected chi connectivity index (χ2v) is 8.31. The van der Waals surface area contributed by atoms with E-state index < -0.39 is 5.82 Å². The summed E-state index contributed by atoms with van der Waals surface area (Å²) in [6.45, 7) is 0.568. The molecular weight excluding hydrogens is 458 g/mol. The Morgan fingerprint density at radius 1 is 1.00 bits per heavy atom. The van der Waals surface area contributed by atoms with Crippen LogP contribution in [-0.4, -0.2) is 24.5 Å². The van der Waals surface area contributed by atoms with Crippen LogP contribution in [0.3, 0.4) is 0 Å². The summed E-state index contributed by atoms with van der Waals surface area (Å²) in [4.78, 5) is 16.7. The van der Waals surface area contributed by atoms with Crippen molar-refractivity contribution in [2.45, 2.75) is 13.0 Å². The Hall–Kier alpha value is -3.78. The van der Waals surface area contributed by atoms with E-state index in [1.54, 1.807) is 36.8 Å². The molecule has 3 aromatic carbocycles. The maximum absolute atomic E-state index is 14.7. The van der Waals surface area contributed by atoms with Gasteiger partial charge >= 0.3 is 0 Å². The standard InChI is InChI=1S/C26H22F2N2O3S/c1-32-20-7-5-17(6-8-20)11-12-29-25(31)24-16-34-26(30-24)22-10-9-21(14-23(22)28)33-15-18-3-2-4-19(27)13-18/h2-10,13-14,16H,11-12,15H2,1H3,(H,29,31). The molecule has 8 heteroatoms. The second kappa shape index (κ2) is 10.9. The summed E-state index contributed by atoms with van der Waals surface area (Å²) in [6, 6.07) is 18.1. The number of methoxy groups -OCH3 is 1. The summed E-state index contributed by atoms with van der Waals surface area (Å²) < 4.78 is 38.7. The number of ether oxygens (including phenoxy) is 2. The Kier molecular flexibility index (Phi) is 7.49. The lowest BCUT2D eigenvalue weighted by Crippen LogP contribution is -2.25. The molecule has 0 fully saturated rings. The van der Waals surface area contributed by atoms with Crippen LogP contribution in [0.1, 0.15) is 21.6 Å². The fourth-order valence-corrected chi connectivity index (χ4v) is 4.08. The van der Waals surface area contributed by atoms with E-state index in [4.69, 9.17) is 9.47 Å². The van der Waals surface area contributed by atoms with Crippen molar-refractivity contribution < 1.29 is 23.0 Å². The second-order valence-electron chi connectivity index (χ2n) is 7.45. The average molecular weight is 481 g/mol. The van der Waals surface area contributed by atoms with Crippen molar-refractivity contribution in [2.75, 3.05) is 13.7 Å². The van der Waals surface area contributed by atoms with Gasteiger partial charge in [0.25, 0.3) is 5.91 Å². The Bertz CT molecular complexity index is 1280. The highest BCUT2D eigenvalue weighted by Crippen LogP contribution is 2.29. The van der Waals surface area contributed by atoms with Gasteiger partial charge in [0, 0.05) is 23.6 Å². The number of hydrogen-bond donors (Lipinski definition) is 1. The van der Waals surface area contributed by atoms with Gasteiger partial charge in [-0.05, 0) is 53.9 Å². The van der Waals surface area contributed by atoms with Crippen LogP contribution < -0.4 is 14.8 Å². The Morgan fingerprint density at radius 2 is 1.79 bits per heavy atom. The number of amides is 1. The smallest absolute Gasteiger partial charge is 0.270 e. The third-order valence-electron chi connectivity index (χ3n) is 5.06. The monoisotopic (exact) mass is 480 g/mol. The van der Waals surface area contributed by atoms with Crippen LogP contribution in [0.4, 0.5) is 8.78 Å². The average Bonchev–Trinajstić information content (AvgIpc) is 3.33. The molecule has 1 aromatic heterocycles. The van der Waals surface area contributed by atoms with E-state index >= 15 is 0 Å². The number of nitrogens with one attached hydrogen (secondary N) is 1. The summed E-state index contributed by atoms with van der Waals surface area (Å²) in [6.07, 6.45) is 0.665. The van der Waals surface area contributed by atoms with Gasteiger partial charge in [0.15, 0.2) is 0 Å². The molecule has 1 heterocycles. The van der Waals surface area contributed by atoms with Crippen molar-refractivity contribution in [3.8, 4) is 22.1 Å². The minimum atomic E-state index is -0.516. The number of halogens is 2. The number of carbonyl (C=O) groups excluding carboxylic acids is 1. The Morgan fingerprint density at radius 3 is 2.53 bits per heavy atom. The molecule has 4 rings (SSSR count). The summed E-state index contributed by atoms with van der Waals surface area (Å²) in [7, 11) is 1.61. The van der Waals surface area contributed by atoms with E-state index in [-0.39, 0.29) is 29.6 Å². The normalized spacial score (nSPS) is 10.7. The summed E-state index contributed by atoms with van der Waals surface area (Å²) in [5.74, 6) is -0.0873. The molecular formula is C26H22F2N2O3S. The summed E-state index contributed by atoms with van der Waals surface area (Å²) in [5.41, 5.74) is 2.23. The SMILES string of the molecule is COc1ccc(CCNC(=O)c2csc(-c3ccc(OCc4cccc(F)c4)cc3F)n2)cc1. The van der Waals surface area contributed by atoms with Gasteiger partial charge in [0.1, 0.15) is 40.4 Å². The molecule has 5 nitrogen and oxygen atoms in total. The highest BCUT2D eigenvalue weighted by atomic mass is 32.1. The van der Waals surface area contributed by atoms with Gasteiger partial charge in [0.2, 0.25) is 0 Å². The molecule has 1 N–H and O–H groups in total. The molecule has 0 atom stereocenters. The largest absolute Gasteiger partial charge is 0.497 e. The third-order valence-corrected chi connectivity index (χ3v) is 5.94. The quantitative estimate of drug-likeness (QED) is 0.336. The van der Waals surface area contributed by atoms with Gasteiger partial charge in [-0.15, -0.1) is 11.3 Å². The van der Waals surface area contributed by atoms with Crippen LogP contribution in [0, 0.1) is 11.6 Å². The molecule has 1 amide bonds. The van der Waals surface area contributed by atoms with Crippen LogP contribution >= 0.6 is 11.3 Å². The van der Waals surface area contributed by atoms with Crippen molar-refractivity contribution in [1.82, 2.24) is 10.3 Å². The predicted octanol–water partition coefficient (Wildman–Crippen LogP) is 5.65. The molecule has 174 valence electrons. The predicted molar refractivity (Wildman–Crippen MR) is 127 cm³/mol. The summed E-state index contributed by atoms with van der Waals surface area (Å²) >= 11 is 1.19.